The Labute approximate surface area is 63.5 Å². The number of ether oxygens (including phenoxy) is 1. The molecule has 0 N–H and O–H groups in total. The molecule has 0 saturated heterocycles. The van der Waals surface area contributed by atoms with Crippen LogP contribution >= 0.6 is 11.6 Å². The molecule has 1 unspecified atom stereocenters. The van der Waals surface area contributed by atoms with Crippen LogP contribution in [0.5, 0.6) is 0 Å². The molecule has 0 aromatic carbocycles. The van der Waals surface area contributed by atoms with E-state index in [0.29, 0.717) is 0 Å². The minimum atomic E-state index is -0.144. The summed E-state index contributed by atoms with van der Waals surface area (Å²) in [6, 6.07) is 0. The topological polar surface area (TPSA) is 9.23 Å². The van der Waals surface area contributed by atoms with E-state index in [1.165, 1.54) is 0 Å². The van der Waals surface area contributed by atoms with Gasteiger partial charge >= 0.3 is 0 Å². The molecule has 0 bridgehead atoms. The summed E-state index contributed by atoms with van der Waals surface area (Å²) in [5.41, 5.74) is -0.144. The van der Waals surface area contributed by atoms with Crippen LogP contribution in [0.2, 0.25) is 0 Å². The SMILES string of the molecule is COC(C)Cl.[Hg]. The molecule has 0 radical (unpaired) electrons. The maximum absolute atomic E-state index is 5.24. The van der Waals surface area contributed by atoms with Crippen molar-refractivity contribution in [2.24, 2.45) is 0 Å². The number of methoxy groups -OCH3 is 1. The first-order chi connectivity index (χ1) is 2.27. The Morgan fingerprint density at radius 1 is 1.67 bits per heavy atom. The fourth-order valence-corrected chi connectivity index (χ4v) is 0. The molecule has 0 aromatic rings. The molecule has 1 nitrogen and oxygen atoms in total. The maximum Gasteiger partial charge on any atom is 0.128 e. The number of alkyl halides is 1. The van der Waals surface area contributed by atoms with Gasteiger partial charge in [-0.25, -0.2) is 0 Å². The number of halogens is 1. The van der Waals surface area contributed by atoms with Gasteiger partial charge in [0, 0.05) is 34.8 Å². The van der Waals surface area contributed by atoms with Gasteiger partial charge in [-0.1, -0.05) is 11.6 Å². The number of rotatable bonds is 1. The van der Waals surface area contributed by atoms with Crippen molar-refractivity contribution < 1.29 is 32.4 Å². The van der Waals surface area contributed by atoms with E-state index in [0.717, 1.165) is 0 Å². The molecule has 34 valence electrons. The number of hydrogen-bond donors (Lipinski definition) is 0. The largest absolute Gasteiger partial charge is 0.366 e. The standard InChI is InChI=1S/C3H7ClO.Hg/c1-3(4)5-2;/h3H,1-2H3;. The summed E-state index contributed by atoms with van der Waals surface area (Å²) in [6.45, 7) is 1.77. The summed E-state index contributed by atoms with van der Waals surface area (Å²) in [4.78, 5) is 0. The van der Waals surface area contributed by atoms with E-state index in [1.807, 2.05) is 0 Å². The minimum absolute atomic E-state index is 0. The van der Waals surface area contributed by atoms with Gasteiger partial charge in [-0.05, 0) is 6.92 Å². The summed E-state index contributed by atoms with van der Waals surface area (Å²) >= 11 is 5.24. The first-order valence-corrected chi connectivity index (χ1v) is 1.88. The summed E-state index contributed by atoms with van der Waals surface area (Å²) in [5, 5.41) is 0. The summed E-state index contributed by atoms with van der Waals surface area (Å²) in [5.74, 6) is 0. The summed E-state index contributed by atoms with van der Waals surface area (Å²) in [6.07, 6.45) is 0. The van der Waals surface area contributed by atoms with Crippen LogP contribution in [-0.2, 0) is 32.4 Å². The molecule has 0 rings (SSSR count). The molecule has 0 saturated carbocycles. The van der Waals surface area contributed by atoms with Crippen molar-refractivity contribution in [3.05, 3.63) is 0 Å². The molecule has 1 atom stereocenters. The Morgan fingerprint density at radius 2 is 1.83 bits per heavy atom. The van der Waals surface area contributed by atoms with E-state index < -0.39 is 0 Å². The molecule has 0 heterocycles. The Hall–Kier alpha value is 1.19. The van der Waals surface area contributed by atoms with Crippen molar-refractivity contribution in [3.63, 3.8) is 0 Å². The zero-order chi connectivity index (χ0) is 4.28. The van der Waals surface area contributed by atoms with Gasteiger partial charge in [-0.15, -0.1) is 0 Å². The van der Waals surface area contributed by atoms with E-state index in [4.69, 9.17) is 11.6 Å². The smallest absolute Gasteiger partial charge is 0.128 e. The quantitative estimate of drug-likeness (QED) is 0.522. The molecular formula is C3H7ClHgO. The second kappa shape index (κ2) is 6.19. The molecule has 0 aromatic heterocycles. The van der Waals surface area contributed by atoms with Crippen molar-refractivity contribution in [2.45, 2.75) is 12.5 Å². The molecule has 0 aliphatic heterocycles. The van der Waals surface area contributed by atoms with Crippen LogP contribution in [0, 0.1) is 0 Å². The van der Waals surface area contributed by atoms with Crippen molar-refractivity contribution >= 4 is 11.6 Å². The van der Waals surface area contributed by atoms with Crippen molar-refractivity contribution in [3.8, 4) is 0 Å². The number of hydrogen-bond acceptors (Lipinski definition) is 1. The van der Waals surface area contributed by atoms with Gasteiger partial charge in [0.2, 0.25) is 0 Å². The molecular weight excluding hydrogens is 288 g/mol. The zero-order valence-electron chi connectivity index (χ0n) is 4.07. The van der Waals surface area contributed by atoms with Gasteiger partial charge in [-0.2, -0.15) is 0 Å². The third kappa shape index (κ3) is 8.95. The summed E-state index contributed by atoms with van der Waals surface area (Å²) < 4.78 is 4.52. The minimum Gasteiger partial charge on any atom is -0.366 e. The van der Waals surface area contributed by atoms with Gasteiger partial charge in [-0.3, -0.25) is 0 Å². The van der Waals surface area contributed by atoms with Crippen LogP contribution in [-0.4, -0.2) is 12.7 Å². The Morgan fingerprint density at radius 3 is 1.83 bits per heavy atom. The summed E-state index contributed by atoms with van der Waals surface area (Å²) in [7, 11) is 1.57. The van der Waals surface area contributed by atoms with Gasteiger partial charge in [0.05, 0.1) is 0 Å². The molecule has 0 aliphatic rings. The average molecular weight is 295 g/mol. The fraction of sp³-hybridized carbons (Fsp3) is 1.00. The van der Waals surface area contributed by atoms with E-state index in [1.54, 1.807) is 14.0 Å². The van der Waals surface area contributed by atoms with Gasteiger partial charge in [0.25, 0.3) is 0 Å². The molecule has 6 heavy (non-hydrogen) atoms. The van der Waals surface area contributed by atoms with Crippen LogP contribution in [0.25, 0.3) is 0 Å². The van der Waals surface area contributed by atoms with E-state index in [9.17, 15) is 0 Å². The van der Waals surface area contributed by atoms with Crippen LogP contribution in [0.3, 0.4) is 0 Å². The van der Waals surface area contributed by atoms with Gasteiger partial charge in [0.1, 0.15) is 5.56 Å². The zero-order valence-corrected chi connectivity index (χ0v) is 10.3. The van der Waals surface area contributed by atoms with Crippen LogP contribution in [0.1, 0.15) is 6.92 Å². The molecule has 3 heteroatoms. The van der Waals surface area contributed by atoms with E-state index >= 15 is 0 Å². The van der Waals surface area contributed by atoms with Crippen molar-refractivity contribution in [1.82, 2.24) is 0 Å². The fourth-order valence-electron chi connectivity index (χ4n) is 0. The predicted molar refractivity (Wildman–Crippen MR) is 22.3 cm³/mol. The Bertz CT molecular complexity index is 24.8. The molecule has 0 spiro atoms. The maximum atomic E-state index is 5.24. The van der Waals surface area contributed by atoms with Crippen molar-refractivity contribution in [2.75, 3.05) is 7.11 Å². The normalized spacial score (nSPS) is 12.5. The predicted octanol–water partition coefficient (Wildman–Crippen LogP) is 1.22. The average Bonchev–Trinajstić information content (AvgIpc) is 1.38. The van der Waals surface area contributed by atoms with Gasteiger partial charge in [0.15, 0.2) is 0 Å². The van der Waals surface area contributed by atoms with E-state index in [-0.39, 0.29) is 33.2 Å². The Balaban J connectivity index is 0. The monoisotopic (exact) mass is 296 g/mol. The van der Waals surface area contributed by atoms with E-state index in [2.05, 4.69) is 4.74 Å². The van der Waals surface area contributed by atoms with Crippen LogP contribution in [0.15, 0.2) is 0 Å². The second-order valence-electron chi connectivity index (χ2n) is 0.779. The molecule has 0 amide bonds. The third-order valence-electron chi connectivity index (χ3n) is 0.325. The second-order valence-corrected chi connectivity index (χ2v) is 1.39. The first kappa shape index (κ1) is 10.2. The van der Waals surface area contributed by atoms with Crippen molar-refractivity contribution in [1.29, 1.82) is 0 Å². The van der Waals surface area contributed by atoms with Crippen LogP contribution < -0.4 is 0 Å². The van der Waals surface area contributed by atoms with Crippen LogP contribution in [0.4, 0.5) is 0 Å². The molecule has 0 aliphatic carbocycles. The first-order valence-electron chi connectivity index (χ1n) is 1.44. The Kier molecular flexibility index (Phi) is 10.5. The van der Waals surface area contributed by atoms with Gasteiger partial charge < -0.3 is 4.74 Å². The third-order valence-corrected chi connectivity index (χ3v) is 0.503. The molecule has 0 fully saturated rings.